The average Bonchev–Trinajstić information content (AvgIpc) is 3.13. The van der Waals surface area contributed by atoms with Crippen molar-refractivity contribution in [3.63, 3.8) is 0 Å². The fraction of sp³-hybridized carbons (Fsp3) is 0.588. The van der Waals surface area contributed by atoms with E-state index in [4.69, 9.17) is 4.74 Å². The van der Waals surface area contributed by atoms with Crippen LogP contribution < -0.4 is 10.0 Å². The summed E-state index contributed by atoms with van der Waals surface area (Å²) < 4.78 is 32.7. The standard InChI is InChI=1S/C17H25N3O4S/c1-13-12-20(9-8-18-13)17(21)14-4-6-16(7-5-14)25(22,23)19-11-15-3-2-10-24-15/h4-7,13,15,18-19H,2-3,8-12H2,1H3. The van der Waals surface area contributed by atoms with E-state index in [1.165, 1.54) is 12.1 Å². The molecular weight excluding hydrogens is 342 g/mol. The Kier molecular flexibility index (Phi) is 5.73. The van der Waals surface area contributed by atoms with E-state index >= 15 is 0 Å². The van der Waals surface area contributed by atoms with E-state index in [-0.39, 0.29) is 29.5 Å². The minimum Gasteiger partial charge on any atom is -0.377 e. The third kappa shape index (κ3) is 4.58. The molecule has 1 amide bonds. The molecule has 2 atom stereocenters. The summed E-state index contributed by atoms with van der Waals surface area (Å²) in [6.45, 7) is 5.09. The molecule has 0 bridgehead atoms. The zero-order chi connectivity index (χ0) is 17.9. The molecule has 25 heavy (non-hydrogen) atoms. The minimum absolute atomic E-state index is 0.0506. The van der Waals surface area contributed by atoms with Crippen LogP contribution in [0.15, 0.2) is 29.2 Å². The molecule has 2 heterocycles. The molecule has 2 fully saturated rings. The summed E-state index contributed by atoms with van der Waals surface area (Å²) in [6.07, 6.45) is 1.79. The van der Waals surface area contributed by atoms with E-state index in [1.807, 2.05) is 6.92 Å². The summed E-state index contributed by atoms with van der Waals surface area (Å²) in [6, 6.07) is 6.39. The molecule has 1 aromatic carbocycles. The third-order valence-corrected chi connectivity index (χ3v) is 6.03. The molecule has 0 radical (unpaired) electrons. The Labute approximate surface area is 148 Å². The molecule has 8 heteroatoms. The third-order valence-electron chi connectivity index (χ3n) is 4.59. The van der Waals surface area contributed by atoms with Crippen molar-refractivity contribution >= 4 is 15.9 Å². The number of sulfonamides is 1. The van der Waals surface area contributed by atoms with Gasteiger partial charge >= 0.3 is 0 Å². The van der Waals surface area contributed by atoms with Gasteiger partial charge in [-0.25, -0.2) is 13.1 Å². The highest BCUT2D eigenvalue weighted by molar-refractivity contribution is 7.89. The number of ether oxygens (including phenoxy) is 1. The molecule has 2 aliphatic rings. The molecule has 1 aromatic rings. The van der Waals surface area contributed by atoms with Crippen LogP contribution in [-0.2, 0) is 14.8 Å². The Bertz CT molecular complexity index is 699. The van der Waals surface area contributed by atoms with Gasteiger partial charge in [-0.05, 0) is 44.0 Å². The smallest absolute Gasteiger partial charge is 0.253 e. The fourth-order valence-corrected chi connectivity index (χ4v) is 4.23. The normalized spacial score (nSPS) is 24.4. The predicted octanol–water partition coefficient (Wildman–Crippen LogP) is 0.578. The lowest BCUT2D eigenvalue weighted by Gasteiger charge is -2.32. The molecule has 2 N–H and O–H groups in total. The molecule has 3 rings (SSSR count). The zero-order valence-corrected chi connectivity index (χ0v) is 15.2. The second-order valence-corrected chi connectivity index (χ2v) is 8.38. The summed E-state index contributed by atoms with van der Waals surface area (Å²) in [7, 11) is -3.59. The zero-order valence-electron chi connectivity index (χ0n) is 14.4. The van der Waals surface area contributed by atoms with E-state index in [0.29, 0.717) is 25.3 Å². The van der Waals surface area contributed by atoms with Gasteiger partial charge in [0.1, 0.15) is 0 Å². The number of rotatable bonds is 5. The van der Waals surface area contributed by atoms with Crippen LogP contribution in [0.4, 0.5) is 0 Å². The van der Waals surface area contributed by atoms with Crippen LogP contribution in [0.3, 0.4) is 0 Å². The molecule has 2 saturated heterocycles. The quantitative estimate of drug-likeness (QED) is 0.795. The predicted molar refractivity (Wildman–Crippen MR) is 94.0 cm³/mol. The first-order valence-electron chi connectivity index (χ1n) is 8.70. The molecule has 2 unspecified atom stereocenters. The van der Waals surface area contributed by atoms with Gasteiger partial charge in [-0.1, -0.05) is 0 Å². The van der Waals surface area contributed by atoms with Gasteiger partial charge in [0.05, 0.1) is 11.0 Å². The molecule has 7 nitrogen and oxygen atoms in total. The highest BCUT2D eigenvalue weighted by atomic mass is 32.2. The lowest BCUT2D eigenvalue weighted by atomic mass is 10.1. The lowest BCUT2D eigenvalue weighted by molar-refractivity contribution is 0.0709. The SMILES string of the molecule is CC1CN(C(=O)c2ccc(S(=O)(=O)NCC3CCCO3)cc2)CCN1. The van der Waals surface area contributed by atoms with Gasteiger partial charge in [0.25, 0.3) is 5.91 Å². The van der Waals surface area contributed by atoms with Crippen LogP contribution in [0.2, 0.25) is 0 Å². The van der Waals surface area contributed by atoms with Crippen LogP contribution in [0.1, 0.15) is 30.1 Å². The average molecular weight is 367 g/mol. The van der Waals surface area contributed by atoms with Gasteiger partial charge in [-0.15, -0.1) is 0 Å². The maximum Gasteiger partial charge on any atom is 0.253 e. The van der Waals surface area contributed by atoms with E-state index in [1.54, 1.807) is 17.0 Å². The van der Waals surface area contributed by atoms with Crippen molar-refractivity contribution in [1.29, 1.82) is 0 Å². The Morgan fingerprint density at radius 2 is 2.12 bits per heavy atom. The van der Waals surface area contributed by atoms with Crippen molar-refractivity contribution in [2.45, 2.75) is 36.8 Å². The summed E-state index contributed by atoms with van der Waals surface area (Å²) >= 11 is 0. The number of nitrogens with zero attached hydrogens (tertiary/aromatic N) is 1. The summed E-state index contributed by atoms with van der Waals surface area (Å²) in [5, 5.41) is 3.29. The molecular formula is C17H25N3O4S. The monoisotopic (exact) mass is 367 g/mol. The second kappa shape index (κ2) is 7.82. The highest BCUT2D eigenvalue weighted by Crippen LogP contribution is 2.15. The molecule has 0 aromatic heterocycles. The van der Waals surface area contributed by atoms with Gasteiger partial charge in [0, 0.05) is 44.4 Å². The van der Waals surface area contributed by atoms with Crippen LogP contribution in [-0.4, -0.2) is 64.2 Å². The highest BCUT2D eigenvalue weighted by Gasteiger charge is 2.23. The first-order valence-corrected chi connectivity index (χ1v) is 10.2. The van der Waals surface area contributed by atoms with E-state index in [2.05, 4.69) is 10.0 Å². The van der Waals surface area contributed by atoms with E-state index in [9.17, 15) is 13.2 Å². The number of amides is 1. The summed E-state index contributed by atoms with van der Waals surface area (Å²) in [5.41, 5.74) is 0.507. The van der Waals surface area contributed by atoms with Crippen LogP contribution >= 0.6 is 0 Å². The van der Waals surface area contributed by atoms with Gasteiger partial charge in [0.15, 0.2) is 0 Å². The number of benzene rings is 1. The molecule has 0 spiro atoms. The summed E-state index contributed by atoms with van der Waals surface area (Å²) in [4.78, 5) is 14.5. The number of hydrogen-bond donors (Lipinski definition) is 2. The van der Waals surface area contributed by atoms with Gasteiger partial charge in [-0.2, -0.15) is 0 Å². The van der Waals surface area contributed by atoms with Crippen molar-refractivity contribution in [2.24, 2.45) is 0 Å². The van der Waals surface area contributed by atoms with Crippen LogP contribution in [0, 0.1) is 0 Å². The number of carbonyl (C=O) groups is 1. The topological polar surface area (TPSA) is 87.7 Å². The Balaban J connectivity index is 1.63. The van der Waals surface area contributed by atoms with Gasteiger partial charge in [0.2, 0.25) is 10.0 Å². The van der Waals surface area contributed by atoms with Crippen molar-refractivity contribution in [1.82, 2.24) is 14.9 Å². The first-order chi connectivity index (χ1) is 12.0. The molecule has 0 aliphatic carbocycles. The Morgan fingerprint density at radius 3 is 2.76 bits per heavy atom. The molecule has 0 saturated carbocycles. The van der Waals surface area contributed by atoms with Crippen LogP contribution in [0.5, 0.6) is 0 Å². The maximum absolute atomic E-state index is 12.5. The van der Waals surface area contributed by atoms with Crippen molar-refractivity contribution in [2.75, 3.05) is 32.8 Å². The largest absolute Gasteiger partial charge is 0.377 e. The second-order valence-electron chi connectivity index (χ2n) is 6.62. The van der Waals surface area contributed by atoms with Crippen LogP contribution in [0.25, 0.3) is 0 Å². The van der Waals surface area contributed by atoms with Gasteiger partial charge in [-0.3, -0.25) is 4.79 Å². The van der Waals surface area contributed by atoms with E-state index < -0.39 is 10.0 Å². The number of hydrogen-bond acceptors (Lipinski definition) is 5. The Hall–Kier alpha value is -1.48. The first kappa shape index (κ1) is 18.3. The van der Waals surface area contributed by atoms with Gasteiger partial charge < -0.3 is 15.0 Å². The van der Waals surface area contributed by atoms with Crippen molar-refractivity contribution in [3.8, 4) is 0 Å². The van der Waals surface area contributed by atoms with Crippen molar-refractivity contribution in [3.05, 3.63) is 29.8 Å². The number of carbonyl (C=O) groups excluding carboxylic acids is 1. The Morgan fingerprint density at radius 1 is 1.36 bits per heavy atom. The van der Waals surface area contributed by atoms with Crippen molar-refractivity contribution < 1.29 is 17.9 Å². The number of piperazine rings is 1. The fourth-order valence-electron chi connectivity index (χ4n) is 3.17. The minimum atomic E-state index is -3.59. The maximum atomic E-state index is 12.5. The molecule has 2 aliphatic heterocycles. The molecule has 138 valence electrons. The summed E-state index contributed by atoms with van der Waals surface area (Å²) in [5.74, 6) is -0.0652. The lowest BCUT2D eigenvalue weighted by Crippen LogP contribution is -2.51. The number of nitrogens with one attached hydrogen (secondary N) is 2. The van der Waals surface area contributed by atoms with E-state index in [0.717, 1.165) is 19.4 Å².